The van der Waals surface area contributed by atoms with Crippen LogP contribution >= 0.6 is 15.9 Å². The number of amides is 1. The third-order valence-electron chi connectivity index (χ3n) is 3.25. The SMILES string of the molecule is CC[C@@](O)(CNC(=O)c1ccn[nH]1)c1ccc(Br)cc1. The van der Waals surface area contributed by atoms with Gasteiger partial charge in [-0.2, -0.15) is 5.10 Å². The van der Waals surface area contributed by atoms with E-state index in [-0.39, 0.29) is 12.5 Å². The van der Waals surface area contributed by atoms with Gasteiger partial charge in [0.05, 0.1) is 6.54 Å². The maximum Gasteiger partial charge on any atom is 0.269 e. The van der Waals surface area contributed by atoms with Crippen molar-refractivity contribution in [3.63, 3.8) is 0 Å². The molecular weight excluding hydrogens is 322 g/mol. The molecule has 0 radical (unpaired) electrons. The number of halogens is 1. The monoisotopic (exact) mass is 337 g/mol. The van der Waals surface area contributed by atoms with Crippen molar-refractivity contribution in [2.45, 2.75) is 18.9 Å². The lowest BCUT2D eigenvalue weighted by Gasteiger charge is -2.27. The molecule has 0 aliphatic heterocycles. The van der Waals surface area contributed by atoms with Crippen LogP contribution in [0.5, 0.6) is 0 Å². The normalized spacial score (nSPS) is 13.8. The number of carbonyl (C=O) groups is 1. The molecule has 106 valence electrons. The zero-order valence-electron chi connectivity index (χ0n) is 11.1. The molecular formula is C14H16BrN3O2. The molecule has 6 heteroatoms. The van der Waals surface area contributed by atoms with Crippen molar-refractivity contribution >= 4 is 21.8 Å². The lowest BCUT2D eigenvalue weighted by Crippen LogP contribution is -2.40. The molecule has 2 aromatic rings. The molecule has 1 atom stereocenters. The van der Waals surface area contributed by atoms with Gasteiger partial charge in [0.15, 0.2) is 0 Å². The maximum absolute atomic E-state index is 11.9. The van der Waals surface area contributed by atoms with Gasteiger partial charge in [0, 0.05) is 10.7 Å². The summed E-state index contributed by atoms with van der Waals surface area (Å²) in [6.45, 7) is 2.02. The number of hydrogen-bond donors (Lipinski definition) is 3. The van der Waals surface area contributed by atoms with Gasteiger partial charge in [-0.1, -0.05) is 35.0 Å². The quantitative estimate of drug-likeness (QED) is 0.782. The fourth-order valence-corrected chi connectivity index (χ4v) is 2.16. The van der Waals surface area contributed by atoms with Crippen LogP contribution in [0.15, 0.2) is 41.0 Å². The summed E-state index contributed by atoms with van der Waals surface area (Å²) < 4.78 is 0.946. The van der Waals surface area contributed by atoms with Crippen LogP contribution in [0.1, 0.15) is 29.4 Å². The van der Waals surface area contributed by atoms with E-state index in [0.29, 0.717) is 12.1 Å². The Hall–Kier alpha value is -1.66. The molecule has 1 aromatic heterocycles. The summed E-state index contributed by atoms with van der Waals surface area (Å²) in [5, 5.41) is 19.7. The highest BCUT2D eigenvalue weighted by Crippen LogP contribution is 2.25. The van der Waals surface area contributed by atoms with Gasteiger partial charge < -0.3 is 10.4 Å². The highest BCUT2D eigenvalue weighted by molar-refractivity contribution is 9.10. The average molecular weight is 338 g/mol. The average Bonchev–Trinajstić information content (AvgIpc) is 2.99. The number of hydrogen-bond acceptors (Lipinski definition) is 3. The predicted octanol–water partition coefficient (Wildman–Crippen LogP) is 2.20. The fourth-order valence-electron chi connectivity index (χ4n) is 1.90. The van der Waals surface area contributed by atoms with Crippen molar-refractivity contribution in [2.75, 3.05) is 6.54 Å². The number of aromatic amines is 1. The Kier molecular flexibility index (Phi) is 4.57. The van der Waals surface area contributed by atoms with Crippen LogP contribution in [0.25, 0.3) is 0 Å². The lowest BCUT2D eigenvalue weighted by molar-refractivity contribution is 0.0313. The second-order valence-electron chi connectivity index (χ2n) is 4.55. The zero-order chi connectivity index (χ0) is 14.6. The van der Waals surface area contributed by atoms with E-state index in [4.69, 9.17) is 0 Å². The summed E-state index contributed by atoms with van der Waals surface area (Å²) in [5.41, 5.74) is 0.0588. The molecule has 0 aliphatic carbocycles. The highest BCUT2D eigenvalue weighted by atomic mass is 79.9. The van der Waals surface area contributed by atoms with Crippen LogP contribution < -0.4 is 5.32 Å². The minimum Gasteiger partial charge on any atom is -0.383 e. The fraction of sp³-hybridized carbons (Fsp3) is 0.286. The Morgan fingerprint density at radius 2 is 2.10 bits per heavy atom. The number of benzene rings is 1. The number of nitrogens with one attached hydrogen (secondary N) is 2. The van der Waals surface area contributed by atoms with Crippen molar-refractivity contribution < 1.29 is 9.90 Å². The predicted molar refractivity (Wildman–Crippen MR) is 79.3 cm³/mol. The van der Waals surface area contributed by atoms with Crippen molar-refractivity contribution in [1.82, 2.24) is 15.5 Å². The first-order valence-electron chi connectivity index (χ1n) is 6.31. The molecule has 1 aromatic carbocycles. The number of H-pyrrole nitrogens is 1. The van der Waals surface area contributed by atoms with E-state index in [1.807, 2.05) is 31.2 Å². The highest BCUT2D eigenvalue weighted by Gasteiger charge is 2.28. The summed E-state index contributed by atoms with van der Waals surface area (Å²) in [6.07, 6.45) is 2.01. The van der Waals surface area contributed by atoms with E-state index in [0.717, 1.165) is 10.0 Å². The molecule has 1 heterocycles. The standard InChI is InChI=1S/C14H16BrN3O2/c1-2-14(20,10-3-5-11(15)6-4-10)9-16-13(19)12-7-8-17-18-12/h3-8,20H,2,9H2,1H3,(H,16,19)(H,17,18)/t14-/m1/s1. The Labute approximate surface area is 125 Å². The molecule has 20 heavy (non-hydrogen) atoms. The molecule has 0 unspecified atom stereocenters. The van der Waals surface area contributed by atoms with Crippen LogP contribution in [0.4, 0.5) is 0 Å². The van der Waals surface area contributed by atoms with Crippen LogP contribution in [0.3, 0.4) is 0 Å². The Morgan fingerprint density at radius 1 is 1.40 bits per heavy atom. The topological polar surface area (TPSA) is 78.0 Å². The summed E-state index contributed by atoms with van der Waals surface area (Å²) in [6, 6.07) is 9.01. The summed E-state index contributed by atoms with van der Waals surface area (Å²) in [7, 11) is 0. The first-order chi connectivity index (χ1) is 9.55. The van der Waals surface area contributed by atoms with Gasteiger partial charge in [0.2, 0.25) is 0 Å². The number of nitrogens with zero attached hydrogens (tertiary/aromatic N) is 1. The van der Waals surface area contributed by atoms with E-state index in [1.165, 1.54) is 6.20 Å². The van der Waals surface area contributed by atoms with E-state index < -0.39 is 5.60 Å². The minimum atomic E-state index is -1.09. The summed E-state index contributed by atoms with van der Waals surface area (Å²) >= 11 is 3.36. The van der Waals surface area contributed by atoms with Crippen LogP contribution in [0.2, 0.25) is 0 Å². The molecule has 2 rings (SSSR count). The molecule has 0 saturated carbocycles. The van der Waals surface area contributed by atoms with Gasteiger partial charge in [-0.3, -0.25) is 9.89 Å². The third-order valence-corrected chi connectivity index (χ3v) is 3.78. The number of rotatable bonds is 5. The molecule has 0 bridgehead atoms. The molecule has 0 spiro atoms. The largest absolute Gasteiger partial charge is 0.383 e. The molecule has 5 nitrogen and oxygen atoms in total. The van der Waals surface area contributed by atoms with Gasteiger partial charge >= 0.3 is 0 Å². The smallest absolute Gasteiger partial charge is 0.269 e. The van der Waals surface area contributed by atoms with Crippen molar-refractivity contribution in [3.8, 4) is 0 Å². The van der Waals surface area contributed by atoms with Crippen LogP contribution in [-0.4, -0.2) is 27.8 Å². The first kappa shape index (κ1) is 14.7. The van der Waals surface area contributed by atoms with Crippen molar-refractivity contribution in [2.24, 2.45) is 0 Å². The van der Waals surface area contributed by atoms with Gasteiger partial charge in [-0.15, -0.1) is 0 Å². The van der Waals surface area contributed by atoms with Gasteiger partial charge in [-0.25, -0.2) is 0 Å². The Morgan fingerprint density at radius 3 is 2.65 bits per heavy atom. The van der Waals surface area contributed by atoms with Crippen LogP contribution in [-0.2, 0) is 5.60 Å². The summed E-state index contributed by atoms with van der Waals surface area (Å²) in [5.74, 6) is -0.286. The van der Waals surface area contributed by atoms with Gasteiger partial charge in [0.1, 0.15) is 11.3 Å². The number of aliphatic hydroxyl groups is 1. The maximum atomic E-state index is 11.9. The first-order valence-corrected chi connectivity index (χ1v) is 7.10. The van der Waals surface area contributed by atoms with Crippen molar-refractivity contribution in [3.05, 3.63) is 52.3 Å². The van der Waals surface area contributed by atoms with E-state index >= 15 is 0 Å². The van der Waals surface area contributed by atoms with Crippen LogP contribution in [0, 0.1) is 0 Å². The third kappa shape index (κ3) is 3.26. The molecule has 0 aliphatic rings. The second kappa shape index (κ2) is 6.19. The zero-order valence-corrected chi connectivity index (χ0v) is 12.6. The minimum absolute atomic E-state index is 0.142. The second-order valence-corrected chi connectivity index (χ2v) is 5.46. The number of aromatic nitrogens is 2. The molecule has 0 saturated heterocycles. The summed E-state index contributed by atoms with van der Waals surface area (Å²) in [4.78, 5) is 11.9. The lowest BCUT2D eigenvalue weighted by atomic mass is 9.91. The van der Waals surface area contributed by atoms with E-state index in [2.05, 4.69) is 31.4 Å². The van der Waals surface area contributed by atoms with Crippen molar-refractivity contribution in [1.29, 1.82) is 0 Å². The molecule has 0 fully saturated rings. The number of carbonyl (C=O) groups excluding carboxylic acids is 1. The molecule has 1 amide bonds. The van der Waals surface area contributed by atoms with Gasteiger partial charge in [-0.05, 0) is 30.2 Å². The Balaban J connectivity index is 2.08. The van der Waals surface area contributed by atoms with E-state index in [1.54, 1.807) is 6.07 Å². The van der Waals surface area contributed by atoms with Gasteiger partial charge in [0.25, 0.3) is 5.91 Å². The molecule has 3 N–H and O–H groups in total. The van der Waals surface area contributed by atoms with E-state index in [9.17, 15) is 9.90 Å². The Bertz CT molecular complexity index is 569.